The SMILES string of the molecule is CCc1csc([C@H](Cc2ccc(N[SH](=O)=O)cc2)NC(=O)CC2=CCC(F)C(F)=C2)n1. The quantitative estimate of drug-likeness (QED) is 0.487. The van der Waals surface area contributed by atoms with E-state index in [0.717, 1.165) is 28.8 Å². The first-order valence-corrected chi connectivity index (χ1v) is 11.8. The second-order valence-corrected chi connectivity index (χ2v) is 8.74. The number of hydrogen-bond donors (Lipinski definition) is 3. The van der Waals surface area contributed by atoms with Gasteiger partial charge in [-0.3, -0.25) is 9.52 Å². The third-order valence-corrected chi connectivity index (χ3v) is 6.20. The second-order valence-electron chi connectivity index (χ2n) is 7.11. The summed E-state index contributed by atoms with van der Waals surface area (Å²) < 4.78 is 50.7. The highest BCUT2D eigenvalue weighted by atomic mass is 32.2. The van der Waals surface area contributed by atoms with Gasteiger partial charge in [-0.05, 0) is 42.2 Å². The van der Waals surface area contributed by atoms with Crippen LogP contribution in [-0.2, 0) is 28.5 Å². The summed E-state index contributed by atoms with van der Waals surface area (Å²) in [5, 5.41) is 5.64. The third-order valence-electron chi connectivity index (χ3n) is 4.75. The number of nitrogens with zero attached hydrogens (tertiary/aromatic N) is 1. The number of anilines is 1. The van der Waals surface area contributed by atoms with Gasteiger partial charge in [0.15, 0.2) is 6.17 Å². The molecule has 0 saturated heterocycles. The number of thiazole rings is 1. The number of rotatable bonds is 9. The number of aromatic nitrogens is 1. The summed E-state index contributed by atoms with van der Waals surface area (Å²) in [5.74, 6) is -1.17. The second kappa shape index (κ2) is 10.6. The Morgan fingerprint density at radius 2 is 2.06 bits per heavy atom. The fraction of sp³-hybridized carbons (Fsp3) is 0.333. The van der Waals surface area contributed by atoms with Crippen molar-refractivity contribution in [1.82, 2.24) is 10.3 Å². The Hall–Kier alpha value is -2.59. The van der Waals surface area contributed by atoms with Gasteiger partial charge in [-0.2, -0.15) is 0 Å². The molecule has 2 atom stereocenters. The van der Waals surface area contributed by atoms with Crippen LogP contribution in [0.2, 0.25) is 0 Å². The molecule has 166 valence electrons. The molecule has 1 aliphatic carbocycles. The predicted octanol–water partition coefficient (Wildman–Crippen LogP) is 3.96. The van der Waals surface area contributed by atoms with E-state index in [2.05, 4.69) is 15.0 Å². The Kier molecular flexibility index (Phi) is 7.91. The van der Waals surface area contributed by atoms with Crippen LogP contribution in [0.4, 0.5) is 14.5 Å². The number of hydrogen-bond acceptors (Lipinski definition) is 5. The Balaban J connectivity index is 1.73. The van der Waals surface area contributed by atoms with Crippen molar-refractivity contribution >= 4 is 33.8 Å². The van der Waals surface area contributed by atoms with Crippen molar-refractivity contribution < 1.29 is 22.0 Å². The molecule has 0 aliphatic heterocycles. The van der Waals surface area contributed by atoms with E-state index in [1.165, 1.54) is 17.4 Å². The zero-order valence-corrected chi connectivity index (χ0v) is 18.5. The highest BCUT2D eigenvalue weighted by Gasteiger charge is 2.22. The van der Waals surface area contributed by atoms with Crippen LogP contribution in [0.3, 0.4) is 0 Å². The van der Waals surface area contributed by atoms with Crippen LogP contribution in [0, 0.1) is 0 Å². The van der Waals surface area contributed by atoms with Gasteiger partial charge >= 0.3 is 0 Å². The van der Waals surface area contributed by atoms with Crippen molar-refractivity contribution in [2.75, 3.05) is 4.72 Å². The van der Waals surface area contributed by atoms with E-state index in [1.807, 2.05) is 12.3 Å². The molecule has 0 radical (unpaired) electrons. The van der Waals surface area contributed by atoms with Gasteiger partial charge in [-0.25, -0.2) is 22.2 Å². The summed E-state index contributed by atoms with van der Waals surface area (Å²) in [6.45, 7) is 1.99. The maximum atomic E-state index is 13.5. The lowest BCUT2D eigenvalue weighted by molar-refractivity contribution is -0.121. The molecule has 1 aromatic heterocycles. The molecule has 0 bridgehead atoms. The molecule has 2 N–H and O–H groups in total. The summed E-state index contributed by atoms with van der Waals surface area (Å²) in [7, 11) is -2.74. The Labute approximate surface area is 185 Å². The van der Waals surface area contributed by atoms with E-state index in [-0.39, 0.29) is 18.7 Å². The lowest BCUT2D eigenvalue weighted by atomic mass is 10.0. The predicted molar refractivity (Wildman–Crippen MR) is 118 cm³/mol. The number of aryl methyl sites for hydroxylation is 1. The lowest BCUT2D eigenvalue weighted by Crippen LogP contribution is -2.30. The van der Waals surface area contributed by atoms with Crippen molar-refractivity contribution in [3.05, 3.63) is 69.5 Å². The molecule has 6 nitrogen and oxygen atoms in total. The fourth-order valence-corrected chi connectivity index (χ4v) is 4.46. The topological polar surface area (TPSA) is 88.2 Å². The lowest BCUT2D eigenvalue weighted by Gasteiger charge is -2.18. The number of halogens is 2. The van der Waals surface area contributed by atoms with E-state index in [0.29, 0.717) is 17.7 Å². The molecule has 1 aromatic carbocycles. The van der Waals surface area contributed by atoms with Gasteiger partial charge < -0.3 is 5.32 Å². The average Bonchev–Trinajstić information content (AvgIpc) is 3.20. The van der Waals surface area contributed by atoms with E-state index in [1.54, 1.807) is 24.3 Å². The molecule has 2 aromatic rings. The maximum Gasteiger partial charge on any atom is 0.224 e. The van der Waals surface area contributed by atoms with Crippen LogP contribution in [0.1, 0.15) is 42.1 Å². The first kappa shape index (κ1) is 23.1. The molecule has 1 amide bonds. The number of carbonyl (C=O) groups excluding carboxylic acids is 1. The first-order valence-electron chi connectivity index (χ1n) is 9.78. The molecule has 3 rings (SSSR count). The monoisotopic (exact) mass is 467 g/mol. The molecular formula is C21H23F2N3O3S2. The number of nitrogens with one attached hydrogen (secondary N) is 2. The van der Waals surface area contributed by atoms with Gasteiger partial charge in [0, 0.05) is 17.5 Å². The summed E-state index contributed by atoms with van der Waals surface area (Å²) in [6, 6.07) is 6.44. The van der Waals surface area contributed by atoms with Gasteiger partial charge in [-0.1, -0.05) is 25.1 Å². The van der Waals surface area contributed by atoms with Gasteiger partial charge in [-0.15, -0.1) is 11.3 Å². The van der Waals surface area contributed by atoms with Gasteiger partial charge in [0.25, 0.3) is 0 Å². The van der Waals surface area contributed by atoms with Gasteiger partial charge in [0.2, 0.25) is 16.8 Å². The molecule has 31 heavy (non-hydrogen) atoms. The highest BCUT2D eigenvalue weighted by molar-refractivity contribution is 7.73. The van der Waals surface area contributed by atoms with E-state index in [4.69, 9.17) is 0 Å². The van der Waals surface area contributed by atoms with Gasteiger partial charge in [0.1, 0.15) is 10.8 Å². The highest BCUT2D eigenvalue weighted by Crippen LogP contribution is 2.26. The maximum absolute atomic E-state index is 13.5. The Bertz CT molecular complexity index is 1050. The first-order chi connectivity index (χ1) is 14.8. The Morgan fingerprint density at radius 3 is 2.68 bits per heavy atom. The van der Waals surface area contributed by atoms with Crippen LogP contribution in [0.25, 0.3) is 0 Å². The standard InChI is InChI=1S/C21H23F2N3O3S2/c1-2-15-12-30-21(24-15)19(10-13-3-6-16(7-4-13)26-31(28)29)25-20(27)11-14-5-8-17(22)18(23)9-14/h3-7,9,12,17,19,31H,2,8,10-11H2,1H3,(H,25,27)(H,26,28,29)/t17?,19-/m0/s1. The van der Waals surface area contributed by atoms with Crippen molar-refractivity contribution in [2.45, 2.75) is 44.8 Å². The van der Waals surface area contributed by atoms with Crippen molar-refractivity contribution in [1.29, 1.82) is 0 Å². The number of thiol groups is 1. The van der Waals surface area contributed by atoms with Crippen LogP contribution < -0.4 is 10.0 Å². The molecule has 1 unspecified atom stereocenters. The number of allylic oxidation sites excluding steroid dienone is 3. The third kappa shape index (κ3) is 6.70. The van der Waals surface area contributed by atoms with Crippen molar-refractivity contribution in [3.63, 3.8) is 0 Å². The zero-order valence-electron chi connectivity index (χ0n) is 16.8. The summed E-state index contributed by atoms with van der Waals surface area (Å²) in [6.07, 6.45) is 2.06. The molecule has 0 fully saturated rings. The van der Waals surface area contributed by atoms with Crippen LogP contribution in [0.5, 0.6) is 0 Å². The van der Waals surface area contributed by atoms with Crippen LogP contribution in [0.15, 0.2) is 53.2 Å². The van der Waals surface area contributed by atoms with Crippen LogP contribution >= 0.6 is 11.3 Å². The number of benzene rings is 1. The zero-order chi connectivity index (χ0) is 22.4. The minimum atomic E-state index is -2.74. The van der Waals surface area contributed by atoms with Crippen molar-refractivity contribution in [3.8, 4) is 0 Å². The van der Waals surface area contributed by atoms with Gasteiger partial charge in [0.05, 0.1) is 18.2 Å². The van der Waals surface area contributed by atoms with E-state index < -0.39 is 28.9 Å². The number of alkyl halides is 1. The molecule has 0 saturated carbocycles. The minimum absolute atomic E-state index is 0.0535. The van der Waals surface area contributed by atoms with E-state index in [9.17, 15) is 22.0 Å². The molecule has 0 spiro atoms. The van der Waals surface area contributed by atoms with Crippen LogP contribution in [-0.4, -0.2) is 25.5 Å². The fourth-order valence-electron chi connectivity index (χ4n) is 3.15. The molecule has 1 aliphatic rings. The number of carbonyl (C=O) groups is 1. The molecular weight excluding hydrogens is 444 g/mol. The van der Waals surface area contributed by atoms with E-state index >= 15 is 0 Å². The Morgan fingerprint density at radius 1 is 1.32 bits per heavy atom. The minimum Gasteiger partial charge on any atom is -0.346 e. The summed E-state index contributed by atoms with van der Waals surface area (Å²) in [4.78, 5) is 17.2. The average molecular weight is 468 g/mol. The smallest absolute Gasteiger partial charge is 0.224 e. The van der Waals surface area contributed by atoms with Crippen molar-refractivity contribution in [2.24, 2.45) is 0 Å². The summed E-state index contributed by atoms with van der Waals surface area (Å²) in [5.41, 5.74) is 2.70. The summed E-state index contributed by atoms with van der Waals surface area (Å²) >= 11 is 1.45. The number of amides is 1. The normalized spacial score (nSPS) is 17.1. The molecule has 1 heterocycles. The largest absolute Gasteiger partial charge is 0.346 e. The molecule has 10 heteroatoms.